The fraction of sp³-hybridized carbons (Fsp3) is 0.467. The highest BCUT2D eigenvalue weighted by atomic mass is 35.5. The Labute approximate surface area is 128 Å². The number of nitrogens with one attached hydrogen (secondary N) is 2. The third kappa shape index (κ3) is 3.36. The van der Waals surface area contributed by atoms with Gasteiger partial charge in [-0.25, -0.2) is 4.79 Å². The van der Waals surface area contributed by atoms with Crippen LogP contribution in [0.3, 0.4) is 0 Å². The van der Waals surface area contributed by atoms with Crippen LogP contribution in [0.1, 0.15) is 43.0 Å². The zero-order valence-electron chi connectivity index (χ0n) is 11.9. The summed E-state index contributed by atoms with van der Waals surface area (Å²) in [6, 6.07) is 4.48. The maximum absolute atomic E-state index is 12.5. The molecule has 0 spiro atoms. The molecule has 6 heteroatoms. The van der Waals surface area contributed by atoms with Gasteiger partial charge in [0.15, 0.2) is 0 Å². The lowest BCUT2D eigenvalue weighted by atomic mass is 9.90. The molecule has 1 atom stereocenters. The summed E-state index contributed by atoms with van der Waals surface area (Å²) in [7, 11) is 0. The van der Waals surface area contributed by atoms with E-state index in [4.69, 9.17) is 16.7 Å². The van der Waals surface area contributed by atoms with Crippen LogP contribution in [0, 0.1) is 0 Å². The van der Waals surface area contributed by atoms with E-state index in [2.05, 4.69) is 10.6 Å². The number of carboxylic acids is 1. The first-order valence-corrected chi connectivity index (χ1v) is 7.45. The maximum Gasteiger partial charge on any atom is 0.337 e. The molecule has 1 unspecified atom stereocenters. The Morgan fingerprint density at radius 2 is 2.24 bits per heavy atom. The molecule has 0 aromatic heterocycles. The van der Waals surface area contributed by atoms with Gasteiger partial charge in [0.2, 0.25) is 5.91 Å². The lowest BCUT2D eigenvalue weighted by Gasteiger charge is -2.27. The zero-order chi connectivity index (χ0) is 15.5. The van der Waals surface area contributed by atoms with Crippen molar-refractivity contribution in [3.8, 4) is 0 Å². The van der Waals surface area contributed by atoms with Gasteiger partial charge in [-0.3, -0.25) is 4.79 Å². The number of carbonyl (C=O) groups excluding carboxylic acids is 1. The van der Waals surface area contributed by atoms with E-state index in [1.54, 1.807) is 6.07 Å². The lowest BCUT2D eigenvalue weighted by Crippen LogP contribution is -2.50. The normalized spacial score (nSPS) is 21.2. The Morgan fingerprint density at radius 3 is 2.81 bits per heavy atom. The summed E-state index contributed by atoms with van der Waals surface area (Å²) >= 11 is 5.83. The minimum absolute atomic E-state index is 0.0154. The van der Waals surface area contributed by atoms with Crippen LogP contribution in [0.4, 0.5) is 5.69 Å². The topological polar surface area (TPSA) is 78.4 Å². The van der Waals surface area contributed by atoms with Gasteiger partial charge in [0.1, 0.15) is 0 Å². The fourth-order valence-corrected chi connectivity index (χ4v) is 2.97. The summed E-state index contributed by atoms with van der Waals surface area (Å²) in [6.07, 6.45) is 3.43. The van der Waals surface area contributed by atoms with Crippen LogP contribution in [0.2, 0.25) is 5.02 Å². The van der Waals surface area contributed by atoms with Crippen LogP contribution < -0.4 is 10.6 Å². The van der Waals surface area contributed by atoms with Gasteiger partial charge in [0, 0.05) is 5.69 Å². The largest absolute Gasteiger partial charge is 0.478 e. The van der Waals surface area contributed by atoms with Crippen molar-refractivity contribution in [2.45, 2.75) is 38.1 Å². The van der Waals surface area contributed by atoms with Gasteiger partial charge in [-0.1, -0.05) is 24.9 Å². The first kappa shape index (κ1) is 15.8. The highest BCUT2D eigenvalue weighted by Crippen LogP contribution is 2.27. The van der Waals surface area contributed by atoms with E-state index in [0.29, 0.717) is 5.69 Å². The monoisotopic (exact) mass is 310 g/mol. The molecular formula is C15H19ClN2O3. The van der Waals surface area contributed by atoms with Crippen molar-refractivity contribution in [2.75, 3.05) is 11.9 Å². The van der Waals surface area contributed by atoms with Gasteiger partial charge in [-0.05, 0) is 44.0 Å². The second-order valence-electron chi connectivity index (χ2n) is 5.32. The molecule has 0 aliphatic carbocycles. The Hall–Kier alpha value is -1.59. The average Bonchev–Trinajstić information content (AvgIpc) is 2.91. The number of carboxylic acid groups (broad SMARTS) is 1. The molecule has 3 N–H and O–H groups in total. The summed E-state index contributed by atoms with van der Waals surface area (Å²) in [5, 5.41) is 15.3. The Balaban J connectivity index is 2.19. The smallest absolute Gasteiger partial charge is 0.337 e. The number of hydrogen-bond acceptors (Lipinski definition) is 3. The minimum atomic E-state index is -1.11. The van der Waals surface area contributed by atoms with Gasteiger partial charge in [0.05, 0.1) is 16.1 Å². The Morgan fingerprint density at radius 1 is 1.48 bits per heavy atom. The number of halogens is 1. The van der Waals surface area contributed by atoms with Crippen molar-refractivity contribution in [2.24, 2.45) is 0 Å². The van der Waals surface area contributed by atoms with Crippen molar-refractivity contribution >= 4 is 29.2 Å². The van der Waals surface area contributed by atoms with E-state index in [-0.39, 0.29) is 16.5 Å². The van der Waals surface area contributed by atoms with Gasteiger partial charge in [-0.15, -0.1) is 0 Å². The maximum atomic E-state index is 12.5. The van der Waals surface area contributed by atoms with Crippen LogP contribution >= 0.6 is 11.6 Å². The summed E-state index contributed by atoms with van der Waals surface area (Å²) < 4.78 is 0. The molecule has 21 heavy (non-hydrogen) atoms. The number of rotatable bonds is 5. The van der Waals surface area contributed by atoms with Crippen molar-refractivity contribution < 1.29 is 14.7 Å². The Kier molecular flexibility index (Phi) is 4.85. The third-order valence-electron chi connectivity index (χ3n) is 3.81. The lowest BCUT2D eigenvalue weighted by molar-refractivity contribution is -0.122. The second-order valence-corrected chi connectivity index (χ2v) is 5.72. The molecule has 1 saturated heterocycles. The minimum Gasteiger partial charge on any atom is -0.478 e. The van der Waals surface area contributed by atoms with E-state index in [0.717, 1.165) is 32.2 Å². The molecule has 2 rings (SSSR count). The quantitative estimate of drug-likeness (QED) is 0.781. The number of hydrogen-bond donors (Lipinski definition) is 3. The van der Waals surface area contributed by atoms with Crippen molar-refractivity contribution in [1.82, 2.24) is 5.32 Å². The summed E-state index contributed by atoms with van der Waals surface area (Å²) in [5.74, 6) is -1.22. The second kappa shape index (κ2) is 6.45. The van der Waals surface area contributed by atoms with Crippen molar-refractivity contribution in [3.63, 3.8) is 0 Å². The predicted octanol–water partition coefficient (Wildman–Crippen LogP) is 2.90. The molecular weight excluding hydrogens is 292 g/mol. The zero-order valence-corrected chi connectivity index (χ0v) is 12.7. The molecule has 1 amide bonds. The van der Waals surface area contributed by atoms with Crippen LogP contribution in [-0.4, -0.2) is 29.1 Å². The van der Waals surface area contributed by atoms with Gasteiger partial charge in [-0.2, -0.15) is 0 Å². The summed E-state index contributed by atoms with van der Waals surface area (Å²) in [6.45, 7) is 2.87. The summed E-state index contributed by atoms with van der Waals surface area (Å²) in [4.78, 5) is 23.6. The van der Waals surface area contributed by atoms with Crippen LogP contribution in [0.25, 0.3) is 0 Å². The van der Waals surface area contributed by atoms with Crippen LogP contribution in [0.15, 0.2) is 18.2 Å². The van der Waals surface area contributed by atoms with E-state index < -0.39 is 11.5 Å². The first-order valence-electron chi connectivity index (χ1n) is 7.08. The van der Waals surface area contributed by atoms with Gasteiger partial charge >= 0.3 is 5.97 Å². The molecule has 114 valence electrons. The van der Waals surface area contributed by atoms with E-state index in [1.807, 2.05) is 6.92 Å². The number of anilines is 1. The predicted molar refractivity (Wildman–Crippen MR) is 81.9 cm³/mol. The van der Waals surface area contributed by atoms with Crippen molar-refractivity contribution in [1.29, 1.82) is 0 Å². The fourth-order valence-electron chi connectivity index (χ4n) is 2.77. The Bertz CT molecular complexity index is 554. The van der Waals surface area contributed by atoms with Crippen molar-refractivity contribution in [3.05, 3.63) is 28.8 Å². The molecule has 1 aliphatic rings. The number of carbonyl (C=O) groups is 2. The molecule has 0 radical (unpaired) electrons. The molecule has 1 aromatic carbocycles. The van der Waals surface area contributed by atoms with Crippen LogP contribution in [-0.2, 0) is 4.79 Å². The van der Waals surface area contributed by atoms with E-state index in [1.165, 1.54) is 12.1 Å². The van der Waals surface area contributed by atoms with Gasteiger partial charge in [0.25, 0.3) is 0 Å². The highest BCUT2D eigenvalue weighted by molar-refractivity contribution is 6.33. The average molecular weight is 311 g/mol. The summed E-state index contributed by atoms with van der Waals surface area (Å²) in [5.41, 5.74) is -0.109. The first-order chi connectivity index (χ1) is 9.98. The number of amides is 1. The molecule has 0 bridgehead atoms. The molecule has 0 saturated carbocycles. The number of aromatic carboxylic acids is 1. The molecule has 1 aromatic rings. The van der Waals surface area contributed by atoms with Gasteiger partial charge < -0.3 is 15.7 Å². The SMILES string of the molecule is CCCC1(C(=O)Nc2ccc(Cl)c(C(=O)O)c2)CCCN1. The molecule has 1 fully saturated rings. The number of benzene rings is 1. The third-order valence-corrected chi connectivity index (χ3v) is 4.14. The van der Waals surface area contributed by atoms with E-state index >= 15 is 0 Å². The van der Waals surface area contributed by atoms with E-state index in [9.17, 15) is 9.59 Å². The standard InChI is InChI=1S/C15H19ClN2O3/c1-2-6-15(7-3-8-17-15)14(21)18-10-4-5-12(16)11(9-10)13(19)20/h4-5,9,17H,2-3,6-8H2,1H3,(H,18,21)(H,19,20). The molecule has 1 heterocycles. The molecule has 1 aliphatic heterocycles. The highest BCUT2D eigenvalue weighted by Gasteiger charge is 2.39. The van der Waals surface area contributed by atoms with Crippen LogP contribution in [0.5, 0.6) is 0 Å². The molecule has 5 nitrogen and oxygen atoms in total.